The average molecular weight is 257 g/mol. The lowest BCUT2D eigenvalue weighted by Crippen LogP contribution is -2.17. The quantitative estimate of drug-likeness (QED) is 0.497. The van der Waals surface area contributed by atoms with E-state index in [-0.39, 0.29) is 11.7 Å². The van der Waals surface area contributed by atoms with E-state index in [1.807, 2.05) is 0 Å². The highest BCUT2D eigenvalue weighted by molar-refractivity contribution is 7.91. The van der Waals surface area contributed by atoms with E-state index in [4.69, 9.17) is 5.84 Å². The summed E-state index contributed by atoms with van der Waals surface area (Å²) in [6, 6.07) is 1.71. The summed E-state index contributed by atoms with van der Waals surface area (Å²) in [7, 11) is -2.82. The van der Waals surface area contributed by atoms with Crippen LogP contribution in [0.5, 0.6) is 0 Å². The normalized spacial score (nSPS) is 22.3. The molecule has 1 atom stereocenters. The number of nitrogens with zero attached hydrogens (tertiary/aromatic N) is 2. The summed E-state index contributed by atoms with van der Waals surface area (Å²) >= 11 is 0. The van der Waals surface area contributed by atoms with Crippen LogP contribution in [0.25, 0.3) is 0 Å². The van der Waals surface area contributed by atoms with E-state index in [0.29, 0.717) is 30.5 Å². The SMILES string of the molecule is NNc1nccc(NCC2CCS(=O)(=O)C2)n1. The number of hydrazine groups is 1. The maximum absolute atomic E-state index is 11.3. The molecule has 1 aliphatic rings. The van der Waals surface area contributed by atoms with E-state index in [1.165, 1.54) is 0 Å². The van der Waals surface area contributed by atoms with Crippen LogP contribution in [-0.2, 0) is 9.84 Å². The third kappa shape index (κ3) is 3.27. The van der Waals surface area contributed by atoms with E-state index >= 15 is 0 Å². The van der Waals surface area contributed by atoms with Gasteiger partial charge in [0, 0.05) is 12.7 Å². The number of rotatable bonds is 4. The summed E-state index contributed by atoms with van der Waals surface area (Å²) in [5.41, 5.74) is 2.35. The van der Waals surface area contributed by atoms with Crippen LogP contribution in [0.2, 0.25) is 0 Å². The van der Waals surface area contributed by atoms with Crippen molar-refractivity contribution in [1.29, 1.82) is 0 Å². The molecule has 0 amide bonds. The molecular formula is C9H15N5O2S. The van der Waals surface area contributed by atoms with E-state index in [1.54, 1.807) is 12.3 Å². The fourth-order valence-electron chi connectivity index (χ4n) is 1.81. The first-order valence-corrected chi connectivity index (χ1v) is 7.15. The largest absolute Gasteiger partial charge is 0.370 e. The highest BCUT2D eigenvalue weighted by atomic mass is 32.2. The Hall–Kier alpha value is -1.41. The maximum Gasteiger partial charge on any atom is 0.239 e. The van der Waals surface area contributed by atoms with Gasteiger partial charge >= 0.3 is 0 Å². The summed E-state index contributed by atoms with van der Waals surface area (Å²) in [6.45, 7) is 0.597. The van der Waals surface area contributed by atoms with Gasteiger partial charge in [-0.1, -0.05) is 0 Å². The topological polar surface area (TPSA) is 110 Å². The Bertz CT molecular complexity index is 490. The van der Waals surface area contributed by atoms with Gasteiger partial charge in [-0.15, -0.1) is 0 Å². The van der Waals surface area contributed by atoms with Gasteiger partial charge in [0.1, 0.15) is 5.82 Å². The summed E-state index contributed by atoms with van der Waals surface area (Å²) in [5, 5.41) is 3.09. The highest BCUT2D eigenvalue weighted by Gasteiger charge is 2.27. The van der Waals surface area contributed by atoms with Crippen molar-refractivity contribution in [3.05, 3.63) is 12.3 Å². The molecule has 8 heteroatoms. The average Bonchev–Trinajstić information content (AvgIpc) is 2.67. The molecule has 1 aliphatic heterocycles. The van der Waals surface area contributed by atoms with Crippen molar-refractivity contribution >= 4 is 21.6 Å². The Morgan fingerprint density at radius 2 is 2.35 bits per heavy atom. The molecule has 2 heterocycles. The van der Waals surface area contributed by atoms with Gasteiger partial charge < -0.3 is 5.32 Å². The van der Waals surface area contributed by atoms with Gasteiger partial charge in [0.05, 0.1) is 11.5 Å². The highest BCUT2D eigenvalue weighted by Crippen LogP contribution is 2.18. The molecule has 1 fully saturated rings. The maximum atomic E-state index is 11.3. The fraction of sp³-hybridized carbons (Fsp3) is 0.556. The molecule has 7 nitrogen and oxygen atoms in total. The van der Waals surface area contributed by atoms with E-state index in [0.717, 1.165) is 0 Å². The van der Waals surface area contributed by atoms with Crippen molar-refractivity contribution in [2.24, 2.45) is 11.8 Å². The van der Waals surface area contributed by atoms with Crippen LogP contribution in [0, 0.1) is 5.92 Å². The van der Waals surface area contributed by atoms with Crippen molar-refractivity contribution in [1.82, 2.24) is 9.97 Å². The number of anilines is 2. The molecule has 1 aromatic heterocycles. The molecule has 1 saturated heterocycles. The van der Waals surface area contributed by atoms with Crippen LogP contribution in [0.1, 0.15) is 6.42 Å². The van der Waals surface area contributed by atoms with Crippen LogP contribution < -0.4 is 16.6 Å². The fourth-order valence-corrected chi connectivity index (χ4v) is 3.67. The number of nitrogen functional groups attached to an aromatic ring is 1. The first kappa shape index (κ1) is 12.1. The number of nitrogens with one attached hydrogen (secondary N) is 2. The smallest absolute Gasteiger partial charge is 0.239 e. The molecule has 94 valence electrons. The molecule has 0 bridgehead atoms. The molecule has 1 aromatic rings. The van der Waals surface area contributed by atoms with Crippen LogP contribution >= 0.6 is 0 Å². The standard InChI is InChI=1S/C9H15N5O2S/c10-14-9-11-3-1-8(13-9)12-5-7-2-4-17(15,16)6-7/h1,3,7H,2,4-6,10H2,(H2,11,12,13,14). The summed E-state index contributed by atoms with van der Waals surface area (Å²) in [4.78, 5) is 7.96. The van der Waals surface area contributed by atoms with Gasteiger partial charge in [-0.3, -0.25) is 5.43 Å². The summed E-state index contributed by atoms with van der Waals surface area (Å²) < 4.78 is 22.5. The minimum absolute atomic E-state index is 0.157. The van der Waals surface area contributed by atoms with Gasteiger partial charge in [0.15, 0.2) is 9.84 Å². The van der Waals surface area contributed by atoms with Gasteiger partial charge in [-0.05, 0) is 18.4 Å². The number of hydrogen-bond acceptors (Lipinski definition) is 7. The molecule has 0 saturated carbocycles. The van der Waals surface area contributed by atoms with Crippen molar-refractivity contribution in [3.63, 3.8) is 0 Å². The molecule has 0 spiro atoms. The van der Waals surface area contributed by atoms with E-state index in [9.17, 15) is 8.42 Å². The number of aromatic nitrogens is 2. The van der Waals surface area contributed by atoms with Gasteiger partial charge in [-0.25, -0.2) is 19.2 Å². The predicted octanol–water partition coefficient (Wildman–Crippen LogP) is -0.391. The molecular weight excluding hydrogens is 242 g/mol. The first-order valence-electron chi connectivity index (χ1n) is 5.33. The molecule has 0 aliphatic carbocycles. The van der Waals surface area contributed by atoms with E-state index in [2.05, 4.69) is 20.7 Å². The first-order chi connectivity index (χ1) is 8.09. The van der Waals surface area contributed by atoms with Gasteiger partial charge in [0.2, 0.25) is 5.95 Å². The van der Waals surface area contributed by atoms with Crippen molar-refractivity contribution in [2.75, 3.05) is 28.8 Å². The Balaban J connectivity index is 1.90. The van der Waals surface area contributed by atoms with Crippen LogP contribution in [0.3, 0.4) is 0 Å². The van der Waals surface area contributed by atoms with Crippen molar-refractivity contribution in [2.45, 2.75) is 6.42 Å². The summed E-state index contributed by atoms with van der Waals surface area (Å²) in [6.07, 6.45) is 2.29. The summed E-state index contributed by atoms with van der Waals surface area (Å²) in [5.74, 6) is 6.86. The molecule has 0 aromatic carbocycles. The molecule has 4 N–H and O–H groups in total. The Morgan fingerprint density at radius 3 is 3.00 bits per heavy atom. The zero-order valence-corrected chi connectivity index (χ0v) is 10.1. The second-order valence-corrected chi connectivity index (χ2v) is 6.29. The zero-order valence-electron chi connectivity index (χ0n) is 9.26. The zero-order chi connectivity index (χ0) is 12.3. The van der Waals surface area contributed by atoms with E-state index < -0.39 is 9.84 Å². The van der Waals surface area contributed by atoms with Crippen LogP contribution in [0.4, 0.5) is 11.8 Å². The minimum Gasteiger partial charge on any atom is -0.370 e. The predicted molar refractivity (Wildman–Crippen MR) is 65.1 cm³/mol. The molecule has 0 radical (unpaired) electrons. The lowest BCUT2D eigenvalue weighted by molar-refractivity contribution is 0.595. The molecule has 17 heavy (non-hydrogen) atoms. The second kappa shape index (κ2) is 4.84. The Labute approximate surface area is 99.7 Å². The number of nitrogens with two attached hydrogens (primary N) is 1. The Kier molecular flexibility index (Phi) is 3.43. The van der Waals surface area contributed by atoms with Gasteiger partial charge in [0.25, 0.3) is 0 Å². The molecule has 1 unspecified atom stereocenters. The third-order valence-electron chi connectivity index (χ3n) is 2.68. The monoisotopic (exact) mass is 257 g/mol. The minimum atomic E-state index is -2.82. The number of hydrogen-bond donors (Lipinski definition) is 3. The van der Waals surface area contributed by atoms with Crippen LogP contribution in [-0.4, -0.2) is 36.4 Å². The number of sulfone groups is 1. The lowest BCUT2D eigenvalue weighted by atomic mass is 10.1. The second-order valence-electron chi connectivity index (χ2n) is 4.06. The lowest BCUT2D eigenvalue weighted by Gasteiger charge is -2.10. The Morgan fingerprint density at radius 1 is 1.53 bits per heavy atom. The molecule has 2 rings (SSSR count). The van der Waals surface area contributed by atoms with Crippen LogP contribution in [0.15, 0.2) is 12.3 Å². The van der Waals surface area contributed by atoms with Crippen molar-refractivity contribution < 1.29 is 8.42 Å². The third-order valence-corrected chi connectivity index (χ3v) is 4.52. The van der Waals surface area contributed by atoms with Gasteiger partial charge in [-0.2, -0.15) is 4.98 Å². The van der Waals surface area contributed by atoms with Crippen molar-refractivity contribution in [3.8, 4) is 0 Å².